The van der Waals surface area contributed by atoms with Crippen LogP contribution in [0.5, 0.6) is 11.5 Å². The second kappa shape index (κ2) is 12.2. The van der Waals surface area contributed by atoms with Crippen molar-refractivity contribution in [3.8, 4) is 11.5 Å². The standard InChI is InChI=1S/C21H35N3O4/c1-14(2)9-17(23-13-24-20(25)10-15(3)4)21(26)22-12-16-7-8-18(27-5)19(11-16)28-6/h7-8,11,14-15,17,23H,9-10,12-13H2,1-6H3,(H,22,26)(H,24,25). The van der Waals surface area contributed by atoms with Gasteiger partial charge >= 0.3 is 0 Å². The number of rotatable bonds is 12. The van der Waals surface area contributed by atoms with Gasteiger partial charge in [-0.15, -0.1) is 0 Å². The van der Waals surface area contributed by atoms with Crippen LogP contribution >= 0.6 is 0 Å². The van der Waals surface area contributed by atoms with Crippen LogP contribution in [0.2, 0.25) is 0 Å². The minimum atomic E-state index is -0.375. The third-order valence-corrected chi connectivity index (χ3v) is 4.17. The fourth-order valence-electron chi connectivity index (χ4n) is 2.77. The Kier molecular flexibility index (Phi) is 10.4. The Morgan fingerprint density at radius 1 is 0.964 bits per heavy atom. The highest BCUT2D eigenvalue weighted by Crippen LogP contribution is 2.27. The predicted octanol–water partition coefficient (Wildman–Crippen LogP) is 2.44. The summed E-state index contributed by atoms with van der Waals surface area (Å²) >= 11 is 0. The molecule has 7 nitrogen and oxygen atoms in total. The van der Waals surface area contributed by atoms with Gasteiger partial charge in [-0.3, -0.25) is 14.9 Å². The molecule has 0 saturated carbocycles. The maximum absolute atomic E-state index is 12.6. The molecule has 1 unspecified atom stereocenters. The van der Waals surface area contributed by atoms with Gasteiger partial charge in [-0.1, -0.05) is 33.8 Å². The zero-order chi connectivity index (χ0) is 21.1. The van der Waals surface area contributed by atoms with Gasteiger partial charge in [-0.05, 0) is 36.0 Å². The first-order chi connectivity index (χ1) is 13.3. The maximum Gasteiger partial charge on any atom is 0.237 e. The summed E-state index contributed by atoms with van der Waals surface area (Å²) in [6.07, 6.45) is 1.15. The molecule has 0 aliphatic carbocycles. The Labute approximate surface area is 168 Å². The average Bonchev–Trinajstić information content (AvgIpc) is 2.64. The molecule has 0 saturated heterocycles. The van der Waals surface area contributed by atoms with Crippen molar-refractivity contribution >= 4 is 11.8 Å². The summed E-state index contributed by atoms with van der Waals surface area (Å²) in [5, 5.41) is 8.91. The van der Waals surface area contributed by atoms with Crippen molar-refractivity contribution in [2.24, 2.45) is 11.8 Å². The average molecular weight is 394 g/mol. The van der Waals surface area contributed by atoms with Crippen molar-refractivity contribution in [1.29, 1.82) is 0 Å². The SMILES string of the molecule is COc1ccc(CNC(=O)C(CC(C)C)NCNC(=O)CC(C)C)cc1OC. The molecule has 1 aromatic carbocycles. The van der Waals surface area contributed by atoms with E-state index in [2.05, 4.69) is 29.8 Å². The number of carbonyl (C=O) groups is 2. The van der Waals surface area contributed by atoms with Gasteiger partial charge in [0.1, 0.15) is 0 Å². The lowest BCUT2D eigenvalue weighted by Crippen LogP contribution is -2.48. The Bertz CT molecular complexity index is 632. The Hall–Kier alpha value is -2.28. The molecule has 158 valence electrons. The largest absolute Gasteiger partial charge is 0.493 e. The van der Waals surface area contributed by atoms with Crippen LogP contribution < -0.4 is 25.4 Å². The van der Waals surface area contributed by atoms with E-state index in [4.69, 9.17) is 9.47 Å². The molecule has 0 radical (unpaired) electrons. The Morgan fingerprint density at radius 2 is 1.64 bits per heavy atom. The van der Waals surface area contributed by atoms with Gasteiger partial charge in [-0.25, -0.2) is 0 Å². The Balaban J connectivity index is 2.60. The molecule has 3 N–H and O–H groups in total. The van der Waals surface area contributed by atoms with Crippen LogP contribution in [0.4, 0.5) is 0 Å². The fourth-order valence-corrected chi connectivity index (χ4v) is 2.77. The van der Waals surface area contributed by atoms with E-state index in [9.17, 15) is 9.59 Å². The van der Waals surface area contributed by atoms with E-state index < -0.39 is 0 Å². The van der Waals surface area contributed by atoms with Crippen LogP contribution in [0.3, 0.4) is 0 Å². The molecule has 0 bridgehead atoms. The van der Waals surface area contributed by atoms with Crippen LogP contribution in [0.15, 0.2) is 18.2 Å². The number of hydrogen-bond acceptors (Lipinski definition) is 5. The van der Waals surface area contributed by atoms with Crippen molar-refractivity contribution in [2.75, 3.05) is 20.9 Å². The highest BCUT2D eigenvalue weighted by molar-refractivity contribution is 5.82. The summed E-state index contributed by atoms with van der Waals surface area (Å²) < 4.78 is 10.5. The highest BCUT2D eigenvalue weighted by atomic mass is 16.5. The molecular weight excluding hydrogens is 358 g/mol. The molecule has 0 spiro atoms. The lowest BCUT2D eigenvalue weighted by Gasteiger charge is -2.21. The van der Waals surface area contributed by atoms with Gasteiger partial charge in [0.25, 0.3) is 0 Å². The number of benzene rings is 1. The lowest BCUT2D eigenvalue weighted by molar-refractivity contribution is -0.125. The van der Waals surface area contributed by atoms with Crippen LogP contribution in [-0.4, -0.2) is 38.7 Å². The molecule has 28 heavy (non-hydrogen) atoms. The highest BCUT2D eigenvalue weighted by Gasteiger charge is 2.19. The zero-order valence-corrected chi connectivity index (χ0v) is 17.9. The Morgan fingerprint density at radius 3 is 2.21 bits per heavy atom. The molecule has 0 aliphatic heterocycles. The molecule has 1 aromatic rings. The van der Waals surface area contributed by atoms with Crippen molar-refractivity contribution in [3.63, 3.8) is 0 Å². The first kappa shape index (κ1) is 23.8. The summed E-state index contributed by atoms with van der Waals surface area (Å²) in [4.78, 5) is 24.4. The number of hydrogen-bond donors (Lipinski definition) is 3. The molecule has 0 heterocycles. The van der Waals surface area contributed by atoms with Crippen LogP contribution in [0.25, 0.3) is 0 Å². The molecule has 1 rings (SSSR count). The number of carbonyl (C=O) groups excluding carboxylic acids is 2. The van der Waals surface area contributed by atoms with E-state index in [1.165, 1.54) is 0 Å². The van der Waals surface area contributed by atoms with Crippen molar-refractivity contribution in [2.45, 2.75) is 53.1 Å². The third kappa shape index (κ3) is 8.61. The van der Waals surface area contributed by atoms with Gasteiger partial charge in [0.15, 0.2) is 11.5 Å². The molecular formula is C21H35N3O4. The fraction of sp³-hybridized carbons (Fsp3) is 0.619. The zero-order valence-electron chi connectivity index (χ0n) is 17.9. The van der Waals surface area contributed by atoms with Gasteiger partial charge in [0.05, 0.1) is 26.9 Å². The molecule has 0 fully saturated rings. The second-order valence-electron chi connectivity index (χ2n) is 7.67. The van der Waals surface area contributed by atoms with Gasteiger partial charge in [-0.2, -0.15) is 0 Å². The summed E-state index contributed by atoms with van der Waals surface area (Å²) in [5.41, 5.74) is 0.916. The van der Waals surface area contributed by atoms with Crippen molar-refractivity contribution in [1.82, 2.24) is 16.0 Å². The summed E-state index contributed by atoms with van der Waals surface area (Å²) in [6, 6.07) is 5.17. The first-order valence-electron chi connectivity index (χ1n) is 9.75. The summed E-state index contributed by atoms with van der Waals surface area (Å²) in [6.45, 7) is 8.77. The molecule has 0 aliphatic rings. The van der Waals surface area contributed by atoms with E-state index in [0.717, 1.165) is 5.56 Å². The van der Waals surface area contributed by atoms with E-state index >= 15 is 0 Å². The maximum atomic E-state index is 12.6. The second-order valence-corrected chi connectivity index (χ2v) is 7.67. The first-order valence-corrected chi connectivity index (χ1v) is 9.75. The molecule has 0 aromatic heterocycles. The minimum absolute atomic E-state index is 0.0171. The van der Waals surface area contributed by atoms with Gasteiger partial charge in [0, 0.05) is 13.0 Å². The van der Waals surface area contributed by atoms with Crippen LogP contribution in [0, 0.1) is 11.8 Å². The normalized spacial score (nSPS) is 12.0. The third-order valence-electron chi connectivity index (χ3n) is 4.17. The summed E-state index contributed by atoms with van der Waals surface area (Å²) in [5.74, 6) is 1.80. The van der Waals surface area contributed by atoms with Crippen molar-refractivity contribution < 1.29 is 19.1 Å². The van der Waals surface area contributed by atoms with E-state index in [1.807, 2.05) is 32.0 Å². The number of methoxy groups -OCH3 is 2. The smallest absolute Gasteiger partial charge is 0.237 e. The van der Waals surface area contributed by atoms with Gasteiger partial charge in [0.2, 0.25) is 11.8 Å². The molecule has 7 heteroatoms. The number of amides is 2. The lowest BCUT2D eigenvalue weighted by atomic mass is 10.0. The van der Waals surface area contributed by atoms with Crippen molar-refractivity contribution in [3.05, 3.63) is 23.8 Å². The van der Waals surface area contributed by atoms with Crippen LogP contribution in [-0.2, 0) is 16.1 Å². The topological polar surface area (TPSA) is 88.7 Å². The van der Waals surface area contributed by atoms with Crippen LogP contribution in [0.1, 0.15) is 46.1 Å². The minimum Gasteiger partial charge on any atom is -0.493 e. The van der Waals surface area contributed by atoms with Gasteiger partial charge < -0.3 is 20.1 Å². The number of ether oxygens (including phenoxy) is 2. The number of nitrogens with one attached hydrogen (secondary N) is 3. The van der Waals surface area contributed by atoms with E-state index in [0.29, 0.717) is 42.7 Å². The van der Waals surface area contributed by atoms with E-state index in [-0.39, 0.29) is 24.5 Å². The molecule has 1 atom stereocenters. The monoisotopic (exact) mass is 393 g/mol. The van der Waals surface area contributed by atoms with E-state index in [1.54, 1.807) is 14.2 Å². The predicted molar refractivity (Wildman–Crippen MR) is 110 cm³/mol. The molecule has 2 amide bonds. The quantitative estimate of drug-likeness (QED) is 0.475. The summed E-state index contributed by atoms with van der Waals surface area (Å²) in [7, 11) is 3.16.